The molecule has 0 radical (unpaired) electrons. The molecule has 0 unspecified atom stereocenters. The molecule has 1 N–H and O–H groups in total. The van der Waals surface area contributed by atoms with Crippen molar-refractivity contribution in [2.45, 2.75) is 6.92 Å². The van der Waals surface area contributed by atoms with Crippen LogP contribution in [-0.2, 0) is 0 Å². The van der Waals surface area contributed by atoms with E-state index < -0.39 is 0 Å². The van der Waals surface area contributed by atoms with Gasteiger partial charge in [0.15, 0.2) is 0 Å². The molecular weight excluding hydrogens is 128 g/mol. The second-order valence-electron chi connectivity index (χ2n) is 1.85. The topological polar surface area (TPSA) is 45.8 Å². The van der Waals surface area contributed by atoms with Crippen molar-refractivity contribution in [3.05, 3.63) is 27.9 Å². The number of nitrogens with zero attached hydrogens (tertiary/aromatic N) is 1. The van der Waals surface area contributed by atoms with Crippen LogP contribution in [0.3, 0.4) is 0 Å². The van der Waals surface area contributed by atoms with Crippen LogP contribution in [0.4, 0.5) is 0 Å². The minimum Gasteiger partial charge on any atom is -0.313 e. The summed E-state index contributed by atoms with van der Waals surface area (Å²) in [5, 5.41) is 0. The van der Waals surface area contributed by atoms with Crippen LogP contribution in [0, 0.1) is 19.3 Å². The average Bonchev–Trinajstić information content (AvgIpc) is 1.95. The predicted octanol–water partition coefficient (Wildman–Crippen LogP) is 0.0596. The summed E-state index contributed by atoms with van der Waals surface area (Å²) >= 11 is 0. The fraction of sp³-hybridized carbons (Fsp3) is 0.143. The normalized spacial score (nSPS) is 8.80. The van der Waals surface area contributed by atoms with Gasteiger partial charge in [0.25, 0.3) is 5.56 Å². The molecule has 0 aliphatic carbocycles. The minimum absolute atomic E-state index is 0.178. The van der Waals surface area contributed by atoms with Crippen molar-refractivity contribution < 1.29 is 0 Å². The SMILES string of the molecule is C#Cc1nc[nH]c(=O)c1C. The van der Waals surface area contributed by atoms with Crippen molar-refractivity contribution in [3.63, 3.8) is 0 Å². The second kappa shape index (κ2) is 2.36. The van der Waals surface area contributed by atoms with E-state index in [-0.39, 0.29) is 5.56 Å². The first-order valence-corrected chi connectivity index (χ1v) is 2.76. The van der Waals surface area contributed by atoms with Crippen LogP contribution in [0.2, 0.25) is 0 Å². The summed E-state index contributed by atoms with van der Waals surface area (Å²) in [5.41, 5.74) is 0.719. The smallest absolute Gasteiger partial charge is 0.254 e. The Morgan fingerprint density at radius 1 is 1.80 bits per heavy atom. The van der Waals surface area contributed by atoms with Crippen LogP contribution in [-0.4, -0.2) is 9.97 Å². The average molecular weight is 134 g/mol. The zero-order valence-electron chi connectivity index (χ0n) is 5.51. The van der Waals surface area contributed by atoms with Gasteiger partial charge in [0.05, 0.1) is 6.33 Å². The number of H-pyrrole nitrogens is 1. The van der Waals surface area contributed by atoms with Crippen molar-refractivity contribution in [1.82, 2.24) is 9.97 Å². The highest BCUT2D eigenvalue weighted by atomic mass is 16.1. The van der Waals surface area contributed by atoms with Gasteiger partial charge in [-0.2, -0.15) is 0 Å². The Morgan fingerprint density at radius 2 is 2.50 bits per heavy atom. The van der Waals surface area contributed by atoms with Gasteiger partial charge in [0.2, 0.25) is 0 Å². The number of hydrogen-bond donors (Lipinski definition) is 1. The summed E-state index contributed by atoms with van der Waals surface area (Å²) in [7, 11) is 0. The Kier molecular flexibility index (Phi) is 1.55. The molecule has 0 aliphatic heterocycles. The maximum Gasteiger partial charge on any atom is 0.254 e. The predicted molar refractivity (Wildman–Crippen MR) is 37.5 cm³/mol. The Morgan fingerprint density at radius 3 is 3.00 bits per heavy atom. The van der Waals surface area contributed by atoms with Gasteiger partial charge in [-0.1, -0.05) is 0 Å². The van der Waals surface area contributed by atoms with E-state index in [1.165, 1.54) is 6.33 Å². The van der Waals surface area contributed by atoms with E-state index in [9.17, 15) is 4.79 Å². The summed E-state index contributed by atoms with van der Waals surface area (Å²) in [6.45, 7) is 1.64. The van der Waals surface area contributed by atoms with Gasteiger partial charge in [0, 0.05) is 5.56 Å². The fourth-order valence-electron chi connectivity index (χ4n) is 0.614. The molecule has 0 saturated carbocycles. The van der Waals surface area contributed by atoms with Crippen LogP contribution < -0.4 is 5.56 Å². The summed E-state index contributed by atoms with van der Waals surface area (Å²) in [6.07, 6.45) is 6.35. The highest BCUT2D eigenvalue weighted by molar-refractivity contribution is 5.29. The second-order valence-corrected chi connectivity index (χ2v) is 1.85. The molecule has 0 atom stereocenters. The quantitative estimate of drug-likeness (QED) is 0.510. The molecule has 1 aromatic heterocycles. The van der Waals surface area contributed by atoms with E-state index >= 15 is 0 Å². The van der Waals surface area contributed by atoms with Gasteiger partial charge in [-0.15, -0.1) is 6.42 Å². The summed E-state index contributed by atoms with van der Waals surface area (Å²) < 4.78 is 0. The lowest BCUT2D eigenvalue weighted by Gasteiger charge is -1.91. The number of hydrogen-bond acceptors (Lipinski definition) is 2. The van der Waals surface area contributed by atoms with Gasteiger partial charge in [-0.05, 0) is 12.8 Å². The third-order valence-electron chi connectivity index (χ3n) is 1.22. The zero-order valence-corrected chi connectivity index (χ0v) is 5.51. The third-order valence-corrected chi connectivity index (χ3v) is 1.22. The lowest BCUT2D eigenvalue weighted by Crippen LogP contribution is -2.11. The van der Waals surface area contributed by atoms with Gasteiger partial charge >= 0.3 is 0 Å². The van der Waals surface area contributed by atoms with Gasteiger partial charge in [0.1, 0.15) is 5.69 Å². The molecule has 0 aliphatic rings. The van der Waals surface area contributed by atoms with E-state index in [4.69, 9.17) is 6.42 Å². The zero-order chi connectivity index (χ0) is 7.56. The van der Waals surface area contributed by atoms with Gasteiger partial charge < -0.3 is 4.98 Å². The first kappa shape index (κ1) is 6.56. The molecule has 0 fully saturated rings. The lowest BCUT2D eigenvalue weighted by molar-refractivity contribution is 1.06. The molecule has 0 aromatic carbocycles. The van der Waals surface area contributed by atoms with Crippen molar-refractivity contribution >= 4 is 0 Å². The first-order chi connectivity index (χ1) is 4.75. The van der Waals surface area contributed by atoms with Crippen LogP contribution in [0.5, 0.6) is 0 Å². The van der Waals surface area contributed by atoms with E-state index in [0.717, 1.165) is 0 Å². The highest BCUT2D eigenvalue weighted by Crippen LogP contribution is 1.91. The standard InChI is InChI=1S/C7H6N2O/c1-3-6-5(2)7(10)9-4-8-6/h1,4H,2H3,(H,8,9,10). The van der Waals surface area contributed by atoms with Crippen molar-refractivity contribution in [2.24, 2.45) is 0 Å². The van der Waals surface area contributed by atoms with Crippen LogP contribution >= 0.6 is 0 Å². The Balaban J connectivity index is 3.46. The van der Waals surface area contributed by atoms with Crippen molar-refractivity contribution in [2.75, 3.05) is 0 Å². The molecule has 0 saturated heterocycles. The van der Waals surface area contributed by atoms with Gasteiger partial charge in [-0.25, -0.2) is 4.98 Å². The summed E-state index contributed by atoms with van der Waals surface area (Å²) in [5.74, 6) is 2.30. The number of aromatic nitrogens is 2. The molecule has 50 valence electrons. The van der Waals surface area contributed by atoms with E-state index in [1.54, 1.807) is 6.92 Å². The molecule has 3 heteroatoms. The molecule has 10 heavy (non-hydrogen) atoms. The molecule has 0 bridgehead atoms. The molecule has 1 heterocycles. The Bertz CT molecular complexity index is 332. The lowest BCUT2D eigenvalue weighted by atomic mass is 10.3. The molecule has 1 aromatic rings. The third kappa shape index (κ3) is 0.914. The maximum absolute atomic E-state index is 10.8. The number of nitrogens with one attached hydrogen (secondary N) is 1. The number of aromatic amines is 1. The molecule has 3 nitrogen and oxygen atoms in total. The van der Waals surface area contributed by atoms with Crippen LogP contribution in [0.25, 0.3) is 0 Å². The van der Waals surface area contributed by atoms with Crippen LogP contribution in [0.1, 0.15) is 11.3 Å². The van der Waals surface area contributed by atoms with Crippen LogP contribution in [0.15, 0.2) is 11.1 Å². The van der Waals surface area contributed by atoms with Gasteiger partial charge in [-0.3, -0.25) is 4.79 Å². The molecule has 0 amide bonds. The summed E-state index contributed by atoms with van der Waals surface area (Å²) in [4.78, 5) is 17.0. The number of rotatable bonds is 0. The van der Waals surface area contributed by atoms with E-state index in [0.29, 0.717) is 11.3 Å². The van der Waals surface area contributed by atoms with Crippen molar-refractivity contribution in [3.8, 4) is 12.3 Å². The minimum atomic E-state index is -0.178. The van der Waals surface area contributed by atoms with E-state index in [1.807, 2.05) is 0 Å². The molecular formula is C7H6N2O. The first-order valence-electron chi connectivity index (χ1n) is 2.76. The van der Waals surface area contributed by atoms with Crippen molar-refractivity contribution in [1.29, 1.82) is 0 Å². The molecule has 1 rings (SSSR count). The van der Waals surface area contributed by atoms with E-state index in [2.05, 4.69) is 15.9 Å². The molecule has 0 spiro atoms. The largest absolute Gasteiger partial charge is 0.313 e. The number of terminal acetylenes is 1. The Labute approximate surface area is 58.1 Å². The highest BCUT2D eigenvalue weighted by Gasteiger charge is 1.97. The maximum atomic E-state index is 10.8. The Hall–Kier alpha value is -1.56. The monoisotopic (exact) mass is 134 g/mol. The fourth-order valence-corrected chi connectivity index (χ4v) is 0.614. The summed E-state index contributed by atoms with van der Waals surface area (Å²) in [6, 6.07) is 0.